The third-order valence-electron chi connectivity index (χ3n) is 2.76. The number of hydrogen-bond donors (Lipinski definition) is 2. The van der Waals surface area contributed by atoms with Crippen molar-refractivity contribution in [3.63, 3.8) is 0 Å². The standard InChI is InChI=1S/C14H17N3O3/c1-10(14(18)16-13-6-7-15-17-13)20-9-11-4-3-5-12(8-11)19-2/h3-8,10H,9H2,1-2H3,(H2,15,16,17,18). The zero-order valence-electron chi connectivity index (χ0n) is 11.4. The van der Waals surface area contributed by atoms with Crippen LogP contribution in [0.1, 0.15) is 12.5 Å². The minimum Gasteiger partial charge on any atom is -0.497 e. The molecule has 1 aromatic carbocycles. The van der Waals surface area contributed by atoms with Crippen molar-refractivity contribution in [2.75, 3.05) is 12.4 Å². The molecule has 0 radical (unpaired) electrons. The third kappa shape index (κ3) is 3.83. The van der Waals surface area contributed by atoms with E-state index in [0.717, 1.165) is 11.3 Å². The van der Waals surface area contributed by atoms with Crippen molar-refractivity contribution in [3.05, 3.63) is 42.1 Å². The van der Waals surface area contributed by atoms with Crippen LogP contribution in [0, 0.1) is 0 Å². The number of anilines is 1. The molecule has 0 aliphatic heterocycles. The lowest BCUT2D eigenvalue weighted by Gasteiger charge is -2.13. The molecular formula is C14H17N3O3. The minimum atomic E-state index is -0.565. The predicted molar refractivity (Wildman–Crippen MR) is 74.5 cm³/mol. The Morgan fingerprint density at radius 3 is 3.00 bits per heavy atom. The van der Waals surface area contributed by atoms with Gasteiger partial charge in [0.2, 0.25) is 0 Å². The van der Waals surface area contributed by atoms with Gasteiger partial charge in [-0.25, -0.2) is 0 Å². The van der Waals surface area contributed by atoms with Crippen LogP contribution in [0.2, 0.25) is 0 Å². The summed E-state index contributed by atoms with van der Waals surface area (Å²) >= 11 is 0. The molecule has 2 N–H and O–H groups in total. The van der Waals surface area contributed by atoms with E-state index in [4.69, 9.17) is 9.47 Å². The average Bonchev–Trinajstić information content (AvgIpc) is 2.97. The number of nitrogens with one attached hydrogen (secondary N) is 2. The molecule has 0 bridgehead atoms. The summed E-state index contributed by atoms with van der Waals surface area (Å²) in [5.41, 5.74) is 0.950. The van der Waals surface area contributed by atoms with Gasteiger partial charge in [0.05, 0.1) is 19.9 Å². The molecule has 6 nitrogen and oxygen atoms in total. The van der Waals surface area contributed by atoms with E-state index in [1.165, 1.54) is 0 Å². The van der Waals surface area contributed by atoms with Crippen molar-refractivity contribution in [2.45, 2.75) is 19.6 Å². The molecule has 6 heteroatoms. The number of H-pyrrole nitrogens is 1. The molecule has 0 saturated heterocycles. The minimum absolute atomic E-state index is 0.225. The summed E-state index contributed by atoms with van der Waals surface area (Å²) in [5, 5.41) is 9.08. The summed E-state index contributed by atoms with van der Waals surface area (Å²) < 4.78 is 10.7. The number of rotatable bonds is 6. The number of methoxy groups -OCH3 is 1. The molecule has 0 aliphatic rings. The van der Waals surface area contributed by atoms with E-state index in [2.05, 4.69) is 15.5 Å². The molecule has 0 fully saturated rings. The van der Waals surface area contributed by atoms with Gasteiger partial charge in [-0.15, -0.1) is 0 Å². The molecule has 1 atom stereocenters. The van der Waals surface area contributed by atoms with Crippen molar-refractivity contribution in [3.8, 4) is 5.75 Å². The fourth-order valence-corrected chi connectivity index (χ4v) is 1.62. The highest BCUT2D eigenvalue weighted by atomic mass is 16.5. The monoisotopic (exact) mass is 275 g/mol. The summed E-state index contributed by atoms with van der Waals surface area (Å²) in [7, 11) is 1.61. The molecule has 2 aromatic rings. The van der Waals surface area contributed by atoms with Crippen LogP contribution in [-0.2, 0) is 16.1 Å². The van der Waals surface area contributed by atoms with Crippen LogP contribution in [-0.4, -0.2) is 29.3 Å². The number of aromatic amines is 1. The Hall–Kier alpha value is -2.34. The van der Waals surface area contributed by atoms with E-state index < -0.39 is 6.10 Å². The van der Waals surface area contributed by atoms with Crippen LogP contribution in [0.3, 0.4) is 0 Å². The summed E-state index contributed by atoms with van der Waals surface area (Å²) in [4.78, 5) is 11.8. The van der Waals surface area contributed by atoms with Crippen LogP contribution in [0.4, 0.5) is 5.82 Å². The second-order valence-electron chi connectivity index (χ2n) is 4.26. The highest BCUT2D eigenvalue weighted by molar-refractivity contribution is 5.92. The van der Waals surface area contributed by atoms with Crippen molar-refractivity contribution in [1.29, 1.82) is 0 Å². The van der Waals surface area contributed by atoms with Gasteiger partial charge in [0.15, 0.2) is 0 Å². The number of carbonyl (C=O) groups is 1. The number of hydrogen-bond acceptors (Lipinski definition) is 4. The molecule has 0 spiro atoms. The second kappa shape index (κ2) is 6.72. The summed E-state index contributed by atoms with van der Waals surface area (Å²) in [6.45, 7) is 2.04. The van der Waals surface area contributed by atoms with Gasteiger partial charge in [-0.1, -0.05) is 12.1 Å². The van der Waals surface area contributed by atoms with E-state index in [0.29, 0.717) is 12.4 Å². The summed E-state index contributed by atoms with van der Waals surface area (Å²) in [6, 6.07) is 9.21. The fourth-order valence-electron chi connectivity index (χ4n) is 1.62. The van der Waals surface area contributed by atoms with Gasteiger partial charge in [0.25, 0.3) is 5.91 Å². The lowest BCUT2D eigenvalue weighted by molar-refractivity contribution is -0.127. The Morgan fingerprint density at radius 2 is 2.30 bits per heavy atom. The third-order valence-corrected chi connectivity index (χ3v) is 2.76. The maximum absolute atomic E-state index is 11.8. The van der Waals surface area contributed by atoms with Gasteiger partial charge in [0, 0.05) is 6.07 Å². The van der Waals surface area contributed by atoms with Crippen molar-refractivity contribution in [2.24, 2.45) is 0 Å². The van der Waals surface area contributed by atoms with Crippen LogP contribution in [0.5, 0.6) is 5.75 Å². The second-order valence-corrected chi connectivity index (χ2v) is 4.26. The van der Waals surface area contributed by atoms with Crippen LogP contribution < -0.4 is 10.1 Å². The fraction of sp³-hybridized carbons (Fsp3) is 0.286. The quantitative estimate of drug-likeness (QED) is 0.845. The molecule has 1 amide bonds. The molecule has 20 heavy (non-hydrogen) atoms. The van der Waals surface area contributed by atoms with E-state index in [-0.39, 0.29) is 5.91 Å². The number of carbonyl (C=O) groups excluding carboxylic acids is 1. The molecule has 2 rings (SSSR count). The lowest BCUT2D eigenvalue weighted by atomic mass is 10.2. The Bertz CT molecular complexity index is 555. The van der Waals surface area contributed by atoms with Crippen molar-refractivity contribution < 1.29 is 14.3 Å². The zero-order chi connectivity index (χ0) is 14.4. The first-order valence-electron chi connectivity index (χ1n) is 6.24. The van der Waals surface area contributed by atoms with E-state index in [1.54, 1.807) is 26.3 Å². The van der Waals surface area contributed by atoms with Crippen molar-refractivity contribution >= 4 is 11.7 Å². The highest BCUT2D eigenvalue weighted by Gasteiger charge is 2.14. The Balaban J connectivity index is 1.84. The first-order valence-corrected chi connectivity index (χ1v) is 6.24. The Labute approximate surface area is 117 Å². The average molecular weight is 275 g/mol. The van der Waals surface area contributed by atoms with E-state index >= 15 is 0 Å². The largest absolute Gasteiger partial charge is 0.497 e. The topological polar surface area (TPSA) is 76.2 Å². The molecule has 1 unspecified atom stereocenters. The molecule has 1 heterocycles. The van der Waals surface area contributed by atoms with Gasteiger partial charge < -0.3 is 14.8 Å². The first kappa shape index (κ1) is 14.1. The zero-order valence-corrected chi connectivity index (χ0v) is 11.4. The SMILES string of the molecule is COc1cccc(COC(C)C(=O)Nc2ccn[nH]2)c1. The molecule has 0 aliphatic carbocycles. The van der Waals surface area contributed by atoms with Gasteiger partial charge in [-0.3, -0.25) is 9.89 Å². The molecule has 1 aromatic heterocycles. The smallest absolute Gasteiger partial charge is 0.254 e. The maximum Gasteiger partial charge on any atom is 0.254 e. The van der Waals surface area contributed by atoms with E-state index in [9.17, 15) is 4.79 Å². The van der Waals surface area contributed by atoms with Gasteiger partial charge >= 0.3 is 0 Å². The predicted octanol–water partition coefficient (Wildman–Crippen LogP) is 1.96. The maximum atomic E-state index is 11.8. The highest BCUT2D eigenvalue weighted by Crippen LogP contribution is 2.14. The van der Waals surface area contributed by atoms with Crippen LogP contribution in [0.15, 0.2) is 36.5 Å². The number of nitrogens with zero attached hydrogens (tertiary/aromatic N) is 1. The molecule has 0 saturated carbocycles. The normalized spacial score (nSPS) is 11.9. The summed E-state index contributed by atoms with van der Waals surface area (Å²) in [5.74, 6) is 1.09. The van der Waals surface area contributed by atoms with Crippen LogP contribution >= 0.6 is 0 Å². The number of benzene rings is 1. The molecular weight excluding hydrogens is 258 g/mol. The number of amides is 1. The summed E-state index contributed by atoms with van der Waals surface area (Å²) in [6.07, 6.45) is 1.00. The Kier molecular flexibility index (Phi) is 4.73. The number of ether oxygens (including phenoxy) is 2. The first-order chi connectivity index (χ1) is 9.69. The number of aromatic nitrogens is 2. The van der Waals surface area contributed by atoms with E-state index in [1.807, 2.05) is 24.3 Å². The van der Waals surface area contributed by atoms with Gasteiger partial charge in [-0.05, 0) is 24.6 Å². The van der Waals surface area contributed by atoms with Gasteiger partial charge in [-0.2, -0.15) is 5.10 Å². The molecule has 106 valence electrons. The van der Waals surface area contributed by atoms with Crippen molar-refractivity contribution in [1.82, 2.24) is 10.2 Å². The lowest BCUT2D eigenvalue weighted by Crippen LogP contribution is -2.27. The van der Waals surface area contributed by atoms with Gasteiger partial charge in [0.1, 0.15) is 17.7 Å². The van der Waals surface area contributed by atoms with Crippen LogP contribution in [0.25, 0.3) is 0 Å². The Morgan fingerprint density at radius 1 is 1.45 bits per heavy atom.